The van der Waals surface area contributed by atoms with Crippen molar-refractivity contribution in [2.24, 2.45) is 0 Å². The standard InChI is InChI=1S/C25H20N2O3/c28-24-8-4-5-17-27(24)18-19-9-13-21(14-10-19)26-25(29)20-11-15-23(16-12-20)30-22-6-2-1-3-7-22/h1-17H,18H2,(H,26,29). The molecule has 0 aliphatic carbocycles. The number of nitrogens with one attached hydrogen (secondary N) is 1. The van der Waals surface area contributed by atoms with E-state index in [0.29, 0.717) is 23.5 Å². The smallest absolute Gasteiger partial charge is 0.255 e. The third-order valence-electron chi connectivity index (χ3n) is 4.56. The van der Waals surface area contributed by atoms with Crippen LogP contribution in [-0.4, -0.2) is 10.5 Å². The largest absolute Gasteiger partial charge is 0.457 e. The SMILES string of the molecule is O=C(Nc1ccc(Cn2ccccc2=O)cc1)c1ccc(Oc2ccccc2)cc1. The molecule has 5 heteroatoms. The van der Waals surface area contributed by atoms with Gasteiger partial charge in [-0.1, -0.05) is 36.4 Å². The molecule has 4 rings (SSSR count). The zero-order valence-electron chi connectivity index (χ0n) is 16.2. The molecule has 0 fully saturated rings. The predicted molar refractivity (Wildman–Crippen MR) is 117 cm³/mol. The predicted octanol–water partition coefficient (Wildman–Crippen LogP) is 4.94. The van der Waals surface area contributed by atoms with Gasteiger partial charge in [0.15, 0.2) is 0 Å². The van der Waals surface area contributed by atoms with Crippen molar-refractivity contribution >= 4 is 11.6 Å². The van der Waals surface area contributed by atoms with Crippen molar-refractivity contribution in [2.75, 3.05) is 5.32 Å². The van der Waals surface area contributed by atoms with Crippen molar-refractivity contribution in [1.29, 1.82) is 0 Å². The van der Waals surface area contributed by atoms with E-state index in [2.05, 4.69) is 5.32 Å². The molecule has 1 N–H and O–H groups in total. The summed E-state index contributed by atoms with van der Waals surface area (Å²) in [6, 6.07) is 29.0. The molecule has 0 spiro atoms. The minimum atomic E-state index is -0.201. The lowest BCUT2D eigenvalue weighted by atomic mass is 10.1. The zero-order valence-corrected chi connectivity index (χ0v) is 16.2. The molecule has 1 amide bonds. The fourth-order valence-corrected chi connectivity index (χ4v) is 2.98. The van der Waals surface area contributed by atoms with E-state index in [9.17, 15) is 9.59 Å². The van der Waals surface area contributed by atoms with E-state index in [4.69, 9.17) is 4.74 Å². The summed E-state index contributed by atoms with van der Waals surface area (Å²) >= 11 is 0. The number of pyridine rings is 1. The lowest BCUT2D eigenvalue weighted by molar-refractivity contribution is 0.102. The number of hydrogen-bond acceptors (Lipinski definition) is 3. The Kier molecular flexibility index (Phi) is 5.71. The summed E-state index contributed by atoms with van der Waals surface area (Å²) in [6.45, 7) is 0.483. The van der Waals surface area contributed by atoms with Crippen LogP contribution in [0.1, 0.15) is 15.9 Å². The Morgan fingerprint density at radius 3 is 2.13 bits per heavy atom. The van der Waals surface area contributed by atoms with Gasteiger partial charge in [-0.25, -0.2) is 0 Å². The highest BCUT2D eigenvalue weighted by Crippen LogP contribution is 2.21. The number of aromatic nitrogens is 1. The van der Waals surface area contributed by atoms with Gasteiger partial charge in [-0.05, 0) is 60.2 Å². The topological polar surface area (TPSA) is 60.3 Å². The van der Waals surface area contributed by atoms with Crippen molar-refractivity contribution in [1.82, 2.24) is 4.57 Å². The van der Waals surface area contributed by atoms with E-state index in [1.54, 1.807) is 41.1 Å². The van der Waals surface area contributed by atoms with Crippen LogP contribution in [0.25, 0.3) is 0 Å². The van der Waals surface area contributed by atoms with Crippen LogP contribution in [0.15, 0.2) is 108 Å². The third-order valence-corrected chi connectivity index (χ3v) is 4.56. The molecule has 0 bridgehead atoms. The number of carbonyl (C=O) groups excluding carboxylic acids is 1. The van der Waals surface area contributed by atoms with Gasteiger partial charge in [-0.3, -0.25) is 9.59 Å². The molecule has 0 radical (unpaired) electrons. The fourth-order valence-electron chi connectivity index (χ4n) is 2.98. The van der Waals surface area contributed by atoms with Crippen molar-refractivity contribution in [3.05, 3.63) is 125 Å². The van der Waals surface area contributed by atoms with Crippen LogP contribution in [0.3, 0.4) is 0 Å². The zero-order chi connectivity index (χ0) is 20.8. The summed E-state index contributed by atoms with van der Waals surface area (Å²) in [7, 11) is 0. The van der Waals surface area contributed by atoms with Gasteiger partial charge in [0, 0.05) is 23.5 Å². The Morgan fingerprint density at radius 1 is 0.767 bits per heavy atom. The maximum absolute atomic E-state index is 12.5. The number of rotatable bonds is 6. The van der Waals surface area contributed by atoms with E-state index < -0.39 is 0 Å². The Labute approximate surface area is 174 Å². The number of hydrogen-bond donors (Lipinski definition) is 1. The van der Waals surface area contributed by atoms with Crippen LogP contribution in [0, 0.1) is 0 Å². The lowest BCUT2D eigenvalue weighted by Gasteiger charge is -2.09. The number of amides is 1. The second-order valence-corrected chi connectivity index (χ2v) is 6.76. The van der Waals surface area contributed by atoms with Crippen LogP contribution < -0.4 is 15.6 Å². The lowest BCUT2D eigenvalue weighted by Crippen LogP contribution is -2.18. The molecule has 4 aromatic rings. The van der Waals surface area contributed by atoms with Crippen LogP contribution in [-0.2, 0) is 6.54 Å². The van der Waals surface area contributed by atoms with E-state index in [1.165, 1.54) is 6.07 Å². The van der Waals surface area contributed by atoms with Crippen molar-refractivity contribution < 1.29 is 9.53 Å². The minimum Gasteiger partial charge on any atom is -0.457 e. The Bertz CT molecular complexity index is 1180. The maximum Gasteiger partial charge on any atom is 0.255 e. The first-order valence-corrected chi connectivity index (χ1v) is 9.56. The van der Waals surface area contributed by atoms with Gasteiger partial charge in [-0.15, -0.1) is 0 Å². The Morgan fingerprint density at radius 2 is 1.43 bits per heavy atom. The molecule has 1 heterocycles. The second kappa shape index (κ2) is 8.92. The summed E-state index contributed by atoms with van der Waals surface area (Å²) in [5.74, 6) is 1.21. The molecule has 0 saturated carbocycles. The number of anilines is 1. The normalized spacial score (nSPS) is 10.4. The van der Waals surface area contributed by atoms with Gasteiger partial charge >= 0.3 is 0 Å². The second-order valence-electron chi connectivity index (χ2n) is 6.76. The van der Waals surface area contributed by atoms with Gasteiger partial charge in [0.05, 0.1) is 6.54 Å². The molecular formula is C25H20N2O3. The van der Waals surface area contributed by atoms with Crippen molar-refractivity contribution in [3.63, 3.8) is 0 Å². The summed E-state index contributed by atoms with van der Waals surface area (Å²) in [4.78, 5) is 24.3. The highest BCUT2D eigenvalue weighted by atomic mass is 16.5. The van der Waals surface area contributed by atoms with Crippen LogP contribution in [0.4, 0.5) is 5.69 Å². The summed E-state index contributed by atoms with van der Waals surface area (Å²) in [5.41, 5.74) is 2.15. The van der Waals surface area contributed by atoms with E-state index >= 15 is 0 Å². The summed E-state index contributed by atoms with van der Waals surface area (Å²) in [6.07, 6.45) is 1.75. The summed E-state index contributed by atoms with van der Waals surface area (Å²) in [5, 5.41) is 2.88. The first kappa shape index (κ1) is 19.2. The minimum absolute atomic E-state index is 0.0467. The van der Waals surface area contributed by atoms with Gasteiger partial charge in [0.25, 0.3) is 11.5 Å². The molecule has 148 valence electrons. The number of benzene rings is 3. The number of nitrogens with zero attached hydrogens (tertiary/aromatic N) is 1. The molecule has 0 aliphatic rings. The van der Waals surface area contributed by atoms with E-state index in [0.717, 1.165) is 11.3 Å². The quantitative estimate of drug-likeness (QED) is 0.502. The molecule has 0 saturated heterocycles. The molecule has 0 atom stereocenters. The highest BCUT2D eigenvalue weighted by Gasteiger charge is 2.07. The fraction of sp³-hybridized carbons (Fsp3) is 0.0400. The number of carbonyl (C=O) groups is 1. The van der Waals surface area contributed by atoms with Gasteiger partial charge in [-0.2, -0.15) is 0 Å². The van der Waals surface area contributed by atoms with E-state index in [1.807, 2.05) is 60.7 Å². The van der Waals surface area contributed by atoms with Gasteiger partial charge in [0.2, 0.25) is 0 Å². The molecule has 30 heavy (non-hydrogen) atoms. The number of ether oxygens (including phenoxy) is 1. The van der Waals surface area contributed by atoms with Crippen LogP contribution in [0.2, 0.25) is 0 Å². The van der Waals surface area contributed by atoms with Gasteiger partial charge < -0.3 is 14.6 Å². The monoisotopic (exact) mass is 396 g/mol. The molecule has 5 nitrogen and oxygen atoms in total. The average Bonchev–Trinajstić information content (AvgIpc) is 2.78. The van der Waals surface area contributed by atoms with Crippen LogP contribution >= 0.6 is 0 Å². The van der Waals surface area contributed by atoms with Crippen molar-refractivity contribution in [3.8, 4) is 11.5 Å². The molecule has 0 aliphatic heterocycles. The summed E-state index contributed by atoms with van der Waals surface area (Å²) < 4.78 is 7.38. The number of para-hydroxylation sites is 1. The van der Waals surface area contributed by atoms with E-state index in [-0.39, 0.29) is 11.5 Å². The third kappa shape index (κ3) is 4.83. The molecule has 1 aromatic heterocycles. The average molecular weight is 396 g/mol. The Balaban J connectivity index is 1.37. The first-order chi connectivity index (χ1) is 14.7. The van der Waals surface area contributed by atoms with Gasteiger partial charge in [0.1, 0.15) is 11.5 Å². The molecule has 3 aromatic carbocycles. The first-order valence-electron chi connectivity index (χ1n) is 9.56. The Hall–Kier alpha value is -4.12. The maximum atomic E-state index is 12.5. The van der Waals surface area contributed by atoms with Crippen LogP contribution in [0.5, 0.6) is 11.5 Å². The highest BCUT2D eigenvalue weighted by molar-refractivity contribution is 6.04. The van der Waals surface area contributed by atoms with Crippen molar-refractivity contribution in [2.45, 2.75) is 6.54 Å². The molecular weight excluding hydrogens is 376 g/mol. The molecule has 0 unspecified atom stereocenters.